The molecule has 0 spiro atoms. The Hall–Kier alpha value is -0.700. The van der Waals surface area contributed by atoms with E-state index >= 15 is 0 Å². The summed E-state index contributed by atoms with van der Waals surface area (Å²) in [5.41, 5.74) is 2.18. The highest BCUT2D eigenvalue weighted by Crippen LogP contribution is 2.38. The van der Waals surface area contributed by atoms with Gasteiger partial charge in [0.15, 0.2) is 0 Å². The Morgan fingerprint density at radius 1 is 1.33 bits per heavy atom. The molecule has 2 aromatic rings. The van der Waals surface area contributed by atoms with Gasteiger partial charge in [-0.2, -0.15) is 0 Å². The first-order valence-electron chi connectivity index (χ1n) is 5.63. The number of ether oxygens (including phenoxy) is 1. The lowest BCUT2D eigenvalue weighted by molar-refractivity contribution is 0.409. The van der Waals surface area contributed by atoms with Gasteiger partial charge in [0, 0.05) is 4.88 Å². The highest BCUT2D eigenvalue weighted by molar-refractivity contribution is 7.11. The number of benzene rings is 1. The van der Waals surface area contributed by atoms with Crippen molar-refractivity contribution in [3.05, 3.63) is 50.7 Å². The molecule has 0 bridgehead atoms. The Balaban J connectivity index is 2.21. The summed E-state index contributed by atoms with van der Waals surface area (Å²) in [4.78, 5) is 1.03. The van der Waals surface area contributed by atoms with E-state index in [1.807, 2.05) is 36.6 Å². The van der Waals surface area contributed by atoms with Gasteiger partial charge in [-0.15, -0.1) is 22.9 Å². The van der Waals surface area contributed by atoms with Crippen LogP contribution < -0.4 is 4.74 Å². The summed E-state index contributed by atoms with van der Waals surface area (Å²) >= 11 is 14.3. The van der Waals surface area contributed by atoms with Crippen LogP contribution in [0.25, 0.3) is 0 Å². The predicted molar refractivity (Wildman–Crippen MR) is 79.4 cm³/mol. The average Bonchev–Trinajstić information content (AvgIpc) is 2.71. The Morgan fingerprint density at radius 2 is 2.06 bits per heavy atom. The van der Waals surface area contributed by atoms with Crippen LogP contribution in [0.4, 0.5) is 0 Å². The molecule has 18 heavy (non-hydrogen) atoms. The molecule has 0 saturated heterocycles. The zero-order valence-corrected chi connectivity index (χ0v) is 12.6. The first-order valence-corrected chi connectivity index (χ1v) is 7.32. The van der Waals surface area contributed by atoms with Crippen molar-refractivity contribution in [3.8, 4) is 5.75 Å². The minimum Gasteiger partial charge on any atom is -0.496 e. The van der Waals surface area contributed by atoms with Crippen LogP contribution in [-0.2, 0) is 6.42 Å². The molecule has 1 heterocycles. The molecule has 1 nitrogen and oxygen atoms in total. The molecule has 4 heteroatoms. The van der Waals surface area contributed by atoms with Crippen LogP contribution in [-0.4, -0.2) is 7.11 Å². The third kappa shape index (κ3) is 2.82. The zero-order chi connectivity index (χ0) is 13.1. The van der Waals surface area contributed by atoms with Gasteiger partial charge in [-0.05, 0) is 35.9 Å². The zero-order valence-electron chi connectivity index (χ0n) is 10.2. The first kappa shape index (κ1) is 13.7. The van der Waals surface area contributed by atoms with Gasteiger partial charge in [0.05, 0.1) is 17.5 Å². The third-order valence-electron chi connectivity index (χ3n) is 2.80. The third-order valence-corrected chi connectivity index (χ3v) is 5.13. The van der Waals surface area contributed by atoms with Gasteiger partial charge in [0.1, 0.15) is 5.75 Å². The van der Waals surface area contributed by atoms with Crippen LogP contribution in [0.3, 0.4) is 0 Å². The van der Waals surface area contributed by atoms with Gasteiger partial charge in [-0.25, -0.2) is 0 Å². The van der Waals surface area contributed by atoms with E-state index in [1.165, 1.54) is 0 Å². The lowest BCUT2D eigenvalue weighted by Gasteiger charge is -2.12. The van der Waals surface area contributed by atoms with Crippen LogP contribution in [0.2, 0.25) is 5.02 Å². The molecule has 96 valence electrons. The average molecular weight is 301 g/mol. The fourth-order valence-corrected chi connectivity index (χ4v) is 3.61. The minimum absolute atomic E-state index is 0.118. The molecular formula is C14H14Cl2OS. The molecular weight excluding hydrogens is 287 g/mol. The summed E-state index contributed by atoms with van der Waals surface area (Å²) in [7, 11) is 1.67. The van der Waals surface area contributed by atoms with Gasteiger partial charge in [-0.1, -0.05) is 29.8 Å². The normalized spacial score (nSPS) is 12.4. The molecule has 2 rings (SSSR count). The highest BCUT2D eigenvalue weighted by Gasteiger charge is 2.17. The minimum atomic E-state index is -0.118. The van der Waals surface area contributed by atoms with E-state index in [0.717, 1.165) is 26.8 Å². The monoisotopic (exact) mass is 300 g/mol. The Bertz CT molecular complexity index is 536. The molecule has 0 N–H and O–H groups in total. The van der Waals surface area contributed by atoms with Gasteiger partial charge in [0.2, 0.25) is 0 Å². The summed E-state index contributed by atoms with van der Waals surface area (Å²) in [6.07, 6.45) is 0.714. The van der Waals surface area contributed by atoms with Crippen LogP contribution in [0.5, 0.6) is 5.75 Å². The molecule has 0 aliphatic rings. The van der Waals surface area contributed by atoms with Crippen LogP contribution in [0.15, 0.2) is 29.6 Å². The van der Waals surface area contributed by atoms with Crippen molar-refractivity contribution < 1.29 is 4.74 Å². The lowest BCUT2D eigenvalue weighted by atomic mass is 10.1. The van der Waals surface area contributed by atoms with Crippen molar-refractivity contribution in [3.63, 3.8) is 0 Å². The maximum atomic E-state index is 6.46. The number of para-hydroxylation sites is 1. The second-order valence-corrected chi connectivity index (χ2v) is 5.90. The molecule has 1 aromatic heterocycles. The van der Waals surface area contributed by atoms with Crippen molar-refractivity contribution in [1.29, 1.82) is 0 Å². The number of rotatable bonds is 4. The Kier molecular flexibility index (Phi) is 4.55. The van der Waals surface area contributed by atoms with Gasteiger partial charge < -0.3 is 4.74 Å². The SMILES string of the molecule is COc1ccccc1CC(Cl)c1scc(C)c1Cl. The number of hydrogen-bond acceptors (Lipinski definition) is 2. The van der Waals surface area contributed by atoms with Gasteiger partial charge in [0.25, 0.3) is 0 Å². The Labute approximate surface area is 121 Å². The van der Waals surface area contributed by atoms with E-state index in [-0.39, 0.29) is 5.38 Å². The second-order valence-electron chi connectivity index (χ2n) is 4.08. The van der Waals surface area contributed by atoms with Crippen molar-refractivity contribution >= 4 is 34.5 Å². The largest absolute Gasteiger partial charge is 0.496 e. The van der Waals surface area contributed by atoms with Crippen LogP contribution in [0, 0.1) is 6.92 Å². The van der Waals surface area contributed by atoms with Crippen molar-refractivity contribution in [1.82, 2.24) is 0 Å². The number of aryl methyl sites for hydroxylation is 1. The maximum absolute atomic E-state index is 6.46. The molecule has 0 radical (unpaired) electrons. The van der Waals surface area contributed by atoms with Crippen LogP contribution >= 0.6 is 34.5 Å². The van der Waals surface area contributed by atoms with E-state index < -0.39 is 0 Å². The fraction of sp³-hybridized carbons (Fsp3) is 0.286. The number of methoxy groups -OCH3 is 1. The van der Waals surface area contributed by atoms with E-state index in [1.54, 1.807) is 18.4 Å². The fourth-order valence-electron chi connectivity index (χ4n) is 1.82. The van der Waals surface area contributed by atoms with Crippen molar-refractivity contribution in [2.45, 2.75) is 18.7 Å². The van der Waals surface area contributed by atoms with E-state index in [4.69, 9.17) is 27.9 Å². The number of hydrogen-bond donors (Lipinski definition) is 0. The topological polar surface area (TPSA) is 9.23 Å². The van der Waals surface area contributed by atoms with E-state index in [2.05, 4.69) is 0 Å². The molecule has 0 fully saturated rings. The smallest absolute Gasteiger partial charge is 0.122 e. The summed E-state index contributed by atoms with van der Waals surface area (Å²) in [5.74, 6) is 0.868. The lowest BCUT2D eigenvalue weighted by Crippen LogP contribution is -1.97. The van der Waals surface area contributed by atoms with E-state index in [9.17, 15) is 0 Å². The Morgan fingerprint density at radius 3 is 2.67 bits per heavy atom. The van der Waals surface area contributed by atoms with Crippen molar-refractivity contribution in [2.75, 3.05) is 7.11 Å². The summed E-state index contributed by atoms with van der Waals surface area (Å²) in [6.45, 7) is 2.00. The molecule has 0 amide bonds. The molecule has 1 aromatic carbocycles. The second kappa shape index (κ2) is 5.96. The van der Waals surface area contributed by atoms with E-state index in [0.29, 0.717) is 6.42 Å². The number of thiophene rings is 1. The number of alkyl halides is 1. The summed E-state index contributed by atoms with van der Waals surface area (Å²) in [6, 6.07) is 7.92. The molecule has 0 saturated carbocycles. The van der Waals surface area contributed by atoms with Gasteiger partial charge >= 0.3 is 0 Å². The van der Waals surface area contributed by atoms with Gasteiger partial charge in [-0.3, -0.25) is 0 Å². The molecule has 0 aliphatic carbocycles. The van der Waals surface area contributed by atoms with Crippen LogP contribution in [0.1, 0.15) is 21.4 Å². The molecule has 0 aliphatic heterocycles. The first-order chi connectivity index (χ1) is 8.63. The summed E-state index contributed by atoms with van der Waals surface area (Å²) in [5, 5.41) is 2.71. The molecule has 1 unspecified atom stereocenters. The highest BCUT2D eigenvalue weighted by atomic mass is 35.5. The predicted octanol–water partition coefficient (Wildman–Crippen LogP) is 5.24. The maximum Gasteiger partial charge on any atom is 0.122 e. The quantitative estimate of drug-likeness (QED) is 0.702. The number of halogens is 2. The molecule has 1 atom stereocenters. The van der Waals surface area contributed by atoms with Crippen molar-refractivity contribution in [2.24, 2.45) is 0 Å². The summed E-state index contributed by atoms with van der Waals surface area (Å²) < 4.78 is 5.33. The standard InChI is InChI=1S/C14H14Cl2OS/c1-9-8-18-14(13(9)16)11(15)7-10-5-3-4-6-12(10)17-2/h3-6,8,11H,7H2,1-2H3.